The van der Waals surface area contributed by atoms with Crippen LogP contribution in [0.25, 0.3) is 0 Å². The average Bonchev–Trinajstić information content (AvgIpc) is 3.21. The van der Waals surface area contributed by atoms with Crippen LogP contribution in [0.1, 0.15) is 44.6 Å². The highest BCUT2D eigenvalue weighted by atomic mass is 16.2. The predicted molar refractivity (Wildman–Crippen MR) is 76.8 cm³/mol. The van der Waals surface area contributed by atoms with Crippen LogP contribution < -0.4 is 5.73 Å². The number of rotatable bonds is 2. The first kappa shape index (κ1) is 12.5. The number of nitrogen functional groups attached to an aromatic ring is 1. The highest BCUT2D eigenvalue weighted by Gasteiger charge is 2.53. The van der Waals surface area contributed by atoms with E-state index in [1.165, 1.54) is 6.42 Å². The standard InChI is InChI=1S/C16H22N2O/c1-12-4-2-3-11-18(12)15(19)16(9-10-16)13-5-7-14(17)8-6-13/h5-8,12H,2-4,9-11,17H2,1H3. The number of hydrogen-bond donors (Lipinski definition) is 1. The molecular weight excluding hydrogens is 236 g/mol. The van der Waals surface area contributed by atoms with Crippen molar-refractivity contribution in [1.82, 2.24) is 4.90 Å². The van der Waals surface area contributed by atoms with Crippen LogP contribution in [0.3, 0.4) is 0 Å². The summed E-state index contributed by atoms with van der Waals surface area (Å²) in [6.07, 6.45) is 5.51. The normalized spacial score (nSPS) is 25.1. The Balaban J connectivity index is 1.84. The van der Waals surface area contributed by atoms with Gasteiger partial charge in [-0.2, -0.15) is 0 Å². The molecule has 2 fully saturated rings. The van der Waals surface area contributed by atoms with Gasteiger partial charge in [0.2, 0.25) is 5.91 Å². The minimum absolute atomic E-state index is 0.237. The van der Waals surface area contributed by atoms with Gasteiger partial charge in [-0.05, 0) is 56.7 Å². The Labute approximate surface area is 114 Å². The first-order valence-corrected chi connectivity index (χ1v) is 7.30. The number of benzene rings is 1. The van der Waals surface area contributed by atoms with Gasteiger partial charge < -0.3 is 10.6 Å². The van der Waals surface area contributed by atoms with E-state index in [0.717, 1.165) is 43.5 Å². The molecule has 1 heterocycles. The van der Waals surface area contributed by atoms with Gasteiger partial charge in [-0.25, -0.2) is 0 Å². The van der Waals surface area contributed by atoms with Crippen LogP contribution in [0.2, 0.25) is 0 Å². The first-order chi connectivity index (χ1) is 9.13. The summed E-state index contributed by atoms with van der Waals surface area (Å²) < 4.78 is 0. The molecule has 19 heavy (non-hydrogen) atoms. The van der Waals surface area contributed by atoms with Crippen LogP contribution in [0.15, 0.2) is 24.3 Å². The Bertz CT molecular complexity index is 476. The van der Waals surface area contributed by atoms with Gasteiger partial charge in [-0.1, -0.05) is 12.1 Å². The van der Waals surface area contributed by atoms with E-state index in [9.17, 15) is 4.79 Å². The molecule has 0 radical (unpaired) electrons. The Morgan fingerprint density at radius 1 is 1.26 bits per heavy atom. The van der Waals surface area contributed by atoms with Crippen molar-refractivity contribution in [1.29, 1.82) is 0 Å². The third-order valence-electron chi connectivity index (χ3n) is 4.69. The van der Waals surface area contributed by atoms with E-state index in [1.54, 1.807) is 0 Å². The number of carbonyl (C=O) groups excluding carboxylic acids is 1. The van der Waals surface area contributed by atoms with E-state index in [4.69, 9.17) is 5.73 Å². The Morgan fingerprint density at radius 2 is 1.95 bits per heavy atom. The summed E-state index contributed by atoms with van der Waals surface area (Å²) in [5.41, 5.74) is 7.40. The van der Waals surface area contributed by atoms with Gasteiger partial charge in [0.05, 0.1) is 5.41 Å². The molecule has 3 rings (SSSR count). The Kier molecular flexibility index (Phi) is 3.00. The number of nitrogens with two attached hydrogens (primary N) is 1. The molecule has 0 bridgehead atoms. The second-order valence-corrected chi connectivity index (χ2v) is 6.05. The number of piperidine rings is 1. The lowest BCUT2D eigenvalue weighted by molar-refractivity contribution is -0.137. The van der Waals surface area contributed by atoms with Gasteiger partial charge in [0.25, 0.3) is 0 Å². The fourth-order valence-electron chi connectivity index (χ4n) is 3.23. The first-order valence-electron chi connectivity index (χ1n) is 7.30. The summed E-state index contributed by atoms with van der Waals surface area (Å²) in [7, 11) is 0. The lowest BCUT2D eigenvalue weighted by Crippen LogP contribution is -2.47. The SMILES string of the molecule is CC1CCCCN1C(=O)C1(c2ccc(N)cc2)CC1. The van der Waals surface area contributed by atoms with E-state index in [-0.39, 0.29) is 5.41 Å². The minimum atomic E-state index is -0.237. The van der Waals surface area contributed by atoms with E-state index in [0.29, 0.717) is 11.9 Å². The summed E-state index contributed by atoms with van der Waals surface area (Å²) in [6.45, 7) is 3.10. The van der Waals surface area contributed by atoms with Crippen molar-refractivity contribution < 1.29 is 4.79 Å². The van der Waals surface area contributed by atoms with E-state index in [2.05, 4.69) is 11.8 Å². The molecule has 1 aromatic carbocycles. The van der Waals surface area contributed by atoms with Crippen LogP contribution in [0.5, 0.6) is 0 Å². The smallest absolute Gasteiger partial charge is 0.233 e. The van der Waals surface area contributed by atoms with Gasteiger partial charge >= 0.3 is 0 Å². The summed E-state index contributed by atoms with van der Waals surface area (Å²) in [6, 6.07) is 8.25. The largest absolute Gasteiger partial charge is 0.399 e. The van der Waals surface area contributed by atoms with Crippen molar-refractivity contribution >= 4 is 11.6 Å². The molecule has 102 valence electrons. The van der Waals surface area contributed by atoms with Gasteiger partial charge in [-0.15, -0.1) is 0 Å². The van der Waals surface area contributed by atoms with Gasteiger partial charge in [0.15, 0.2) is 0 Å². The van der Waals surface area contributed by atoms with Crippen LogP contribution in [-0.2, 0) is 10.2 Å². The third kappa shape index (κ3) is 2.11. The van der Waals surface area contributed by atoms with Gasteiger partial charge in [0, 0.05) is 18.3 Å². The van der Waals surface area contributed by atoms with Crippen molar-refractivity contribution in [2.75, 3.05) is 12.3 Å². The summed E-state index contributed by atoms with van der Waals surface area (Å²) >= 11 is 0. The fraction of sp³-hybridized carbons (Fsp3) is 0.562. The highest BCUT2D eigenvalue weighted by molar-refractivity contribution is 5.91. The lowest BCUT2D eigenvalue weighted by atomic mass is 9.92. The molecule has 1 atom stereocenters. The van der Waals surface area contributed by atoms with Crippen LogP contribution in [0.4, 0.5) is 5.69 Å². The van der Waals surface area contributed by atoms with Gasteiger partial charge in [-0.3, -0.25) is 4.79 Å². The predicted octanol–water partition coefficient (Wildman–Crippen LogP) is 2.70. The van der Waals surface area contributed by atoms with E-state index >= 15 is 0 Å². The molecule has 1 saturated heterocycles. The quantitative estimate of drug-likeness (QED) is 0.829. The number of anilines is 1. The van der Waals surface area contributed by atoms with Crippen molar-refractivity contribution in [2.24, 2.45) is 0 Å². The molecule has 1 aromatic rings. The fourth-order valence-corrected chi connectivity index (χ4v) is 3.23. The number of likely N-dealkylation sites (tertiary alicyclic amines) is 1. The monoisotopic (exact) mass is 258 g/mol. The van der Waals surface area contributed by atoms with Crippen molar-refractivity contribution in [3.63, 3.8) is 0 Å². The molecule has 0 aromatic heterocycles. The highest BCUT2D eigenvalue weighted by Crippen LogP contribution is 2.50. The van der Waals surface area contributed by atoms with Crippen molar-refractivity contribution in [2.45, 2.75) is 50.5 Å². The molecular formula is C16H22N2O. The molecule has 3 heteroatoms. The lowest BCUT2D eigenvalue weighted by Gasteiger charge is -2.36. The van der Waals surface area contributed by atoms with Crippen LogP contribution in [0, 0.1) is 0 Å². The summed E-state index contributed by atoms with van der Waals surface area (Å²) in [5, 5.41) is 0. The molecule has 0 spiro atoms. The molecule has 1 unspecified atom stereocenters. The second-order valence-electron chi connectivity index (χ2n) is 6.05. The van der Waals surface area contributed by atoms with Gasteiger partial charge in [0.1, 0.15) is 0 Å². The van der Waals surface area contributed by atoms with Crippen molar-refractivity contribution in [3.05, 3.63) is 29.8 Å². The molecule has 2 aliphatic rings. The molecule has 1 amide bonds. The Morgan fingerprint density at radius 3 is 2.53 bits per heavy atom. The van der Waals surface area contributed by atoms with Crippen LogP contribution >= 0.6 is 0 Å². The maximum Gasteiger partial charge on any atom is 0.233 e. The summed E-state index contributed by atoms with van der Waals surface area (Å²) in [5.74, 6) is 0.337. The zero-order valence-electron chi connectivity index (χ0n) is 11.6. The maximum absolute atomic E-state index is 12.9. The number of hydrogen-bond acceptors (Lipinski definition) is 2. The average molecular weight is 258 g/mol. The molecule has 1 saturated carbocycles. The minimum Gasteiger partial charge on any atom is -0.399 e. The molecule has 1 aliphatic carbocycles. The third-order valence-corrected chi connectivity index (χ3v) is 4.69. The maximum atomic E-state index is 12.9. The summed E-state index contributed by atoms with van der Waals surface area (Å²) in [4.78, 5) is 15.0. The van der Waals surface area contributed by atoms with E-state index < -0.39 is 0 Å². The van der Waals surface area contributed by atoms with E-state index in [1.807, 2.05) is 24.3 Å². The number of amides is 1. The second kappa shape index (κ2) is 4.55. The molecule has 2 N–H and O–H groups in total. The topological polar surface area (TPSA) is 46.3 Å². The number of nitrogens with zero attached hydrogens (tertiary/aromatic N) is 1. The Hall–Kier alpha value is -1.51. The molecule has 1 aliphatic heterocycles. The zero-order valence-corrected chi connectivity index (χ0v) is 11.6. The van der Waals surface area contributed by atoms with Crippen LogP contribution in [-0.4, -0.2) is 23.4 Å². The molecule has 3 nitrogen and oxygen atoms in total. The zero-order chi connectivity index (χ0) is 13.5. The number of carbonyl (C=O) groups is 1. The van der Waals surface area contributed by atoms with Crippen molar-refractivity contribution in [3.8, 4) is 0 Å².